The van der Waals surface area contributed by atoms with Crippen molar-refractivity contribution in [3.8, 4) is 0 Å². The SMILES string of the molecule is COCCN1CCN(C(=O)[C@@H]2Cc3cn(Cc4nccn4C)c4cccc(c34)[C@H](CC(C)C)N2)CC1. The molecule has 8 heteroatoms. The Labute approximate surface area is 214 Å². The molecule has 2 aliphatic heterocycles. The molecule has 3 aromatic rings. The van der Waals surface area contributed by atoms with Crippen molar-refractivity contribution in [1.82, 2.24) is 29.2 Å². The third-order valence-corrected chi connectivity index (χ3v) is 7.75. The molecule has 36 heavy (non-hydrogen) atoms. The van der Waals surface area contributed by atoms with Gasteiger partial charge in [-0.25, -0.2) is 4.98 Å². The summed E-state index contributed by atoms with van der Waals surface area (Å²) in [6.45, 7) is 10.3. The standard InChI is InChI=1S/C28H40N6O2/c1-20(2)16-23-22-6-5-7-25-27(22)21(18-34(25)19-26-29-8-9-31(26)3)17-24(30-23)28(35)33-12-10-32(11-13-33)14-15-36-4/h5-9,18,20,23-24,30H,10-17,19H2,1-4H3/t23-,24-/m0/s1. The molecule has 1 N–H and O–H groups in total. The van der Waals surface area contributed by atoms with Crippen LogP contribution in [-0.4, -0.2) is 82.3 Å². The molecule has 0 saturated carbocycles. The summed E-state index contributed by atoms with van der Waals surface area (Å²) in [5, 5.41) is 5.12. The number of hydrogen-bond acceptors (Lipinski definition) is 5. The number of imidazole rings is 1. The third kappa shape index (κ3) is 5.08. The van der Waals surface area contributed by atoms with E-state index >= 15 is 0 Å². The van der Waals surface area contributed by atoms with Crippen LogP contribution in [0.1, 0.15) is 43.3 Å². The monoisotopic (exact) mass is 492 g/mol. The van der Waals surface area contributed by atoms with Crippen molar-refractivity contribution in [3.05, 3.63) is 53.7 Å². The van der Waals surface area contributed by atoms with Crippen LogP contribution >= 0.6 is 0 Å². The maximum atomic E-state index is 13.8. The summed E-state index contributed by atoms with van der Waals surface area (Å²) in [7, 11) is 3.78. The number of aryl methyl sites for hydroxylation is 1. The number of hydrogen-bond donors (Lipinski definition) is 1. The lowest BCUT2D eigenvalue weighted by atomic mass is 9.94. The van der Waals surface area contributed by atoms with Gasteiger partial charge in [-0.2, -0.15) is 0 Å². The molecule has 4 heterocycles. The summed E-state index contributed by atoms with van der Waals surface area (Å²) in [5.74, 6) is 1.78. The number of amides is 1. The van der Waals surface area contributed by atoms with Gasteiger partial charge in [-0.1, -0.05) is 26.0 Å². The maximum Gasteiger partial charge on any atom is 0.240 e. The minimum Gasteiger partial charge on any atom is -0.383 e. The molecular formula is C28H40N6O2. The van der Waals surface area contributed by atoms with E-state index in [1.54, 1.807) is 7.11 Å². The highest BCUT2D eigenvalue weighted by Gasteiger charge is 2.34. The van der Waals surface area contributed by atoms with Gasteiger partial charge in [0, 0.05) is 82.4 Å². The van der Waals surface area contributed by atoms with E-state index in [-0.39, 0.29) is 18.0 Å². The Morgan fingerprint density at radius 1 is 1.22 bits per heavy atom. The first-order chi connectivity index (χ1) is 17.4. The second-order valence-corrected chi connectivity index (χ2v) is 10.7. The minimum atomic E-state index is -0.223. The summed E-state index contributed by atoms with van der Waals surface area (Å²) in [6, 6.07) is 6.54. The first-order valence-corrected chi connectivity index (χ1v) is 13.3. The van der Waals surface area contributed by atoms with Crippen LogP contribution in [0.5, 0.6) is 0 Å². The van der Waals surface area contributed by atoms with Gasteiger partial charge in [0.05, 0.1) is 19.2 Å². The normalized spacial score (nSPS) is 20.9. The van der Waals surface area contributed by atoms with Crippen LogP contribution in [0.2, 0.25) is 0 Å². The van der Waals surface area contributed by atoms with E-state index in [2.05, 4.69) is 67.5 Å². The molecule has 0 aliphatic carbocycles. The Balaban J connectivity index is 1.43. The van der Waals surface area contributed by atoms with E-state index in [1.165, 1.54) is 22.0 Å². The number of aromatic nitrogens is 3. The molecule has 0 radical (unpaired) electrons. The average Bonchev–Trinajstić information content (AvgIpc) is 3.39. The average molecular weight is 493 g/mol. The van der Waals surface area contributed by atoms with Crippen LogP contribution < -0.4 is 5.32 Å². The molecule has 2 aromatic heterocycles. The molecule has 1 aromatic carbocycles. The van der Waals surface area contributed by atoms with Gasteiger partial charge in [0.25, 0.3) is 0 Å². The summed E-state index contributed by atoms with van der Waals surface area (Å²) in [4.78, 5) is 22.8. The van der Waals surface area contributed by atoms with Crippen molar-refractivity contribution < 1.29 is 9.53 Å². The lowest BCUT2D eigenvalue weighted by Crippen LogP contribution is -2.55. The van der Waals surface area contributed by atoms with E-state index in [9.17, 15) is 4.79 Å². The van der Waals surface area contributed by atoms with Crippen molar-refractivity contribution in [2.45, 2.75) is 45.3 Å². The summed E-state index contributed by atoms with van der Waals surface area (Å²) in [5.41, 5.74) is 3.79. The van der Waals surface area contributed by atoms with Crippen molar-refractivity contribution in [2.75, 3.05) is 46.4 Å². The summed E-state index contributed by atoms with van der Waals surface area (Å²) < 4.78 is 9.61. The molecule has 1 amide bonds. The largest absolute Gasteiger partial charge is 0.383 e. The molecular weight excluding hydrogens is 452 g/mol. The molecule has 1 fully saturated rings. The zero-order valence-electron chi connectivity index (χ0n) is 22.1. The lowest BCUT2D eigenvalue weighted by molar-refractivity contribution is -0.135. The predicted octanol–water partition coefficient (Wildman–Crippen LogP) is 2.82. The number of nitrogens with one attached hydrogen (secondary N) is 1. The van der Waals surface area contributed by atoms with Crippen molar-refractivity contribution in [2.24, 2.45) is 13.0 Å². The van der Waals surface area contributed by atoms with Gasteiger partial charge in [-0.05, 0) is 36.0 Å². The van der Waals surface area contributed by atoms with Crippen LogP contribution in [0.4, 0.5) is 0 Å². The smallest absolute Gasteiger partial charge is 0.240 e. The van der Waals surface area contributed by atoms with Gasteiger partial charge in [0.15, 0.2) is 0 Å². The second-order valence-electron chi connectivity index (χ2n) is 10.7. The summed E-state index contributed by atoms with van der Waals surface area (Å²) >= 11 is 0. The Morgan fingerprint density at radius 3 is 2.72 bits per heavy atom. The van der Waals surface area contributed by atoms with E-state index in [0.29, 0.717) is 18.9 Å². The van der Waals surface area contributed by atoms with Crippen LogP contribution in [0, 0.1) is 5.92 Å². The third-order valence-electron chi connectivity index (χ3n) is 7.75. The highest BCUT2D eigenvalue weighted by molar-refractivity contribution is 5.90. The Bertz CT molecular complexity index is 1190. The van der Waals surface area contributed by atoms with E-state index in [0.717, 1.165) is 51.6 Å². The molecule has 2 atom stereocenters. The van der Waals surface area contributed by atoms with Gasteiger partial charge in [-0.15, -0.1) is 0 Å². The fourth-order valence-electron chi connectivity index (χ4n) is 5.82. The van der Waals surface area contributed by atoms with Crippen LogP contribution in [0.25, 0.3) is 10.9 Å². The number of carbonyl (C=O) groups excluding carboxylic acids is 1. The first kappa shape index (κ1) is 25.0. The molecule has 194 valence electrons. The summed E-state index contributed by atoms with van der Waals surface area (Å²) in [6.07, 6.45) is 7.80. The van der Waals surface area contributed by atoms with Gasteiger partial charge in [-0.3, -0.25) is 15.0 Å². The molecule has 5 rings (SSSR count). The highest BCUT2D eigenvalue weighted by atomic mass is 16.5. The van der Waals surface area contributed by atoms with Gasteiger partial charge >= 0.3 is 0 Å². The Hall–Kier alpha value is -2.68. The van der Waals surface area contributed by atoms with Gasteiger partial charge in [0.2, 0.25) is 5.91 Å². The predicted molar refractivity (Wildman–Crippen MR) is 142 cm³/mol. The topological polar surface area (TPSA) is 67.6 Å². The molecule has 2 aliphatic rings. The number of ether oxygens (including phenoxy) is 1. The molecule has 1 saturated heterocycles. The van der Waals surface area contributed by atoms with Crippen molar-refractivity contribution in [3.63, 3.8) is 0 Å². The zero-order valence-corrected chi connectivity index (χ0v) is 22.1. The van der Waals surface area contributed by atoms with E-state index < -0.39 is 0 Å². The molecule has 0 unspecified atom stereocenters. The van der Waals surface area contributed by atoms with Gasteiger partial charge in [0.1, 0.15) is 5.82 Å². The highest BCUT2D eigenvalue weighted by Crippen LogP contribution is 2.36. The number of benzene rings is 1. The molecule has 0 bridgehead atoms. The zero-order chi connectivity index (χ0) is 25.2. The molecule has 0 spiro atoms. The first-order valence-electron chi connectivity index (χ1n) is 13.3. The minimum absolute atomic E-state index is 0.149. The maximum absolute atomic E-state index is 13.8. The fraction of sp³-hybridized carbons (Fsp3) is 0.571. The fourth-order valence-corrected chi connectivity index (χ4v) is 5.82. The van der Waals surface area contributed by atoms with Crippen molar-refractivity contribution >= 4 is 16.8 Å². The second kappa shape index (κ2) is 10.7. The van der Waals surface area contributed by atoms with Crippen molar-refractivity contribution in [1.29, 1.82) is 0 Å². The van der Waals surface area contributed by atoms with E-state index in [4.69, 9.17) is 4.74 Å². The van der Waals surface area contributed by atoms with Gasteiger partial charge < -0.3 is 18.8 Å². The van der Waals surface area contributed by atoms with Crippen LogP contribution in [0.15, 0.2) is 36.8 Å². The van der Waals surface area contributed by atoms with Crippen LogP contribution in [0.3, 0.4) is 0 Å². The number of nitrogens with zero attached hydrogens (tertiary/aromatic N) is 5. The van der Waals surface area contributed by atoms with E-state index in [1.807, 2.05) is 19.4 Å². The number of rotatable bonds is 8. The Morgan fingerprint density at radius 2 is 2.03 bits per heavy atom. The Kier molecular flexibility index (Phi) is 7.46. The number of piperazine rings is 1. The number of methoxy groups -OCH3 is 1. The number of carbonyl (C=O) groups is 1. The quantitative estimate of drug-likeness (QED) is 0.524. The van der Waals surface area contributed by atoms with Crippen LogP contribution in [-0.2, 0) is 29.5 Å². The lowest BCUT2D eigenvalue weighted by Gasteiger charge is -2.37. The molecule has 8 nitrogen and oxygen atoms in total.